The average molecular weight is 345 g/mol. The Morgan fingerprint density at radius 3 is 2.48 bits per heavy atom. The van der Waals surface area contributed by atoms with Crippen LogP contribution in [0.25, 0.3) is 0 Å². The molecule has 0 unspecified atom stereocenters. The number of rotatable bonds is 6. The molecule has 1 saturated carbocycles. The number of ether oxygens (including phenoxy) is 1. The molecule has 0 radical (unpaired) electrons. The van der Waals surface area contributed by atoms with E-state index >= 15 is 0 Å². The Balaban J connectivity index is 1.65. The third-order valence-electron chi connectivity index (χ3n) is 4.10. The van der Waals surface area contributed by atoms with E-state index < -0.39 is 17.9 Å². The fourth-order valence-corrected chi connectivity index (χ4v) is 2.58. The summed E-state index contributed by atoms with van der Waals surface area (Å²) in [5.41, 5.74) is 5.86. The van der Waals surface area contributed by atoms with Crippen molar-refractivity contribution in [2.45, 2.75) is 32.2 Å². The van der Waals surface area contributed by atoms with Gasteiger partial charge in [-0.05, 0) is 44.0 Å². The minimum Gasteiger partial charge on any atom is -0.462 e. The van der Waals surface area contributed by atoms with E-state index in [2.05, 4.69) is 10.9 Å². The number of anilines is 1. The van der Waals surface area contributed by atoms with Crippen LogP contribution in [0.4, 0.5) is 5.69 Å². The minimum absolute atomic E-state index is 0.00577. The Hall–Kier alpha value is -2.74. The molecule has 2 aliphatic rings. The van der Waals surface area contributed by atoms with Crippen molar-refractivity contribution >= 4 is 29.4 Å². The zero-order valence-electron chi connectivity index (χ0n) is 13.8. The molecule has 1 aromatic rings. The summed E-state index contributed by atoms with van der Waals surface area (Å²) in [5, 5.41) is 0. The molecule has 1 heterocycles. The first-order chi connectivity index (χ1) is 12.0. The standard InChI is InChI=1S/C17H19N3O5/c1-2-25-17(24)11-5-7-12(8-6-11)20-14(21)9-13(16(20)23)18-19-15(22)10-3-4-10/h5-8,10,13,18H,2-4,9H2,1H3,(H,19,22)/t13-/m0/s1. The summed E-state index contributed by atoms with van der Waals surface area (Å²) in [6.45, 7) is 1.98. The Morgan fingerprint density at radius 2 is 1.88 bits per heavy atom. The van der Waals surface area contributed by atoms with E-state index in [4.69, 9.17) is 4.74 Å². The number of carbonyl (C=O) groups excluding carboxylic acids is 4. The number of hydrazine groups is 1. The topological polar surface area (TPSA) is 105 Å². The molecular weight excluding hydrogens is 326 g/mol. The third kappa shape index (κ3) is 3.69. The highest BCUT2D eigenvalue weighted by Gasteiger charge is 2.40. The number of nitrogens with one attached hydrogen (secondary N) is 2. The van der Waals surface area contributed by atoms with Crippen LogP contribution in [0.15, 0.2) is 24.3 Å². The van der Waals surface area contributed by atoms with Gasteiger partial charge in [-0.15, -0.1) is 0 Å². The molecule has 8 nitrogen and oxygen atoms in total. The Kier molecular flexibility index (Phi) is 4.80. The van der Waals surface area contributed by atoms with Gasteiger partial charge in [-0.1, -0.05) is 0 Å². The normalized spacial score (nSPS) is 19.9. The van der Waals surface area contributed by atoms with Crippen molar-refractivity contribution in [1.29, 1.82) is 0 Å². The zero-order chi connectivity index (χ0) is 18.0. The lowest BCUT2D eigenvalue weighted by Gasteiger charge is -2.16. The number of imide groups is 1. The van der Waals surface area contributed by atoms with Crippen LogP contribution in [-0.4, -0.2) is 36.3 Å². The number of nitrogens with zero attached hydrogens (tertiary/aromatic N) is 1. The van der Waals surface area contributed by atoms with Gasteiger partial charge in [0.2, 0.25) is 11.8 Å². The second kappa shape index (κ2) is 7.02. The fraction of sp³-hybridized carbons (Fsp3) is 0.412. The predicted octanol–water partition coefficient (Wildman–Crippen LogP) is 0.526. The molecule has 8 heteroatoms. The molecule has 3 rings (SSSR count). The van der Waals surface area contributed by atoms with E-state index in [1.54, 1.807) is 6.92 Å². The number of hydrogen-bond donors (Lipinski definition) is 2. The number of carbonyl (C=O) groups is 4. The van der Waals surface area contributed by atoms with Crippen molar-refractivity contribution in [1.82, 2.24) is 10.9 Å². The molecule has 25 heavy (non-hydrogen) atoms. The molecule has 2 N–H and O–H groups in total. The first-order valence-corrected chi connectivity index (χ1v) is 8.20. The number of benzene rings is 1. The van der Waals surface area contributed by atoms with Gasteiger partial charge in [0.15, 0.2) is 0 Å². The maximum Gasteiger partial charge on any atom is 0.338 e. The van der Waals surface area contributed by atoms with Crippen molar-refractivity contribution < 1.29 is 23.9 Å². The molecule has 132 valence electrons. The van der Waals surface area contributed by atoms with Gasteiger partial charge in [-0.25, -0.2) is 15.1 Å². The van der Waals surface area contributed by atoms with Crippen LogP contribution in [0.1, 0.15) is 36.5 Å². The molecule has 1 aliphatic carbocycles. The highest BCUT2D eigenvalue weighted by molar-refractivity contribution is 6.22. The van der Waals surface area contributed by atoms with Gasteiger partial charge >= 0.3 is 5.97 Å². The van der Waals surface area contributed by atoms with Crippen molar-refractivity contribution in [3.05, 3.63) is 29.8 Å². The smallest absolute Gasteiger partial charge is 0.338 e. The predicted molar refractivity (Wildman–Crippen MR) is 87.3 cm³/mol. The fourth-order valence-electron chi connectivity index (χ4n) is 2.58. The first kappa shape index (κ1) is 17.1. The SMILES string of the molecule is CCOC(=O)c1ccc(N2C(=O)C[C@H](NNC(=O)C3CC3)C2=O)cc1. The Labute approximate surface area is 144 Å². The molecule has 0 bridgehead atoms. The van der Waals surface area contributed by atoms with Crippen molar-refractivity contribution in [2.75, 3.05) is 11.5 Å². The number of hydrogen-bond acceptors (Lipinski definition) is 6. The van der Waals surface area contributed by atoms with Gasteiger partial charge < -0.3 is 4.74 Å². The van der Waals surface area contributed by atoms with E-state index in [9.17, 15) is 19.2 Å². The van der Waals surface area contributed by atoms with Crippen molar-refractivity contribution in [3.63, 3.8) is 0 Å². The van der Waals surface area contributed by atoms with E-state index in [0.717, 1.165) is 17.7 Å². The molecule has 1 aromatic carbocycles. The molecule has 1 aliphatic heterocycles. The van der Waals surface area contributed by atoms with Crippen LogP contribution in [0, 0.1) is 5.92 Å². The molecular formula is C17H19N3O5. The van der Waals surface area contributed by atoms with E-state index in [1.165, 1.54) is 24.3 Å². The summed E-state index contributed by atoms with van der Waals surface area (Å²) in [4.78, 5) is 48.9. The summed E-state index contributed by atoms with van der Waals surface area (Å²) in [5.74, 6) is -1.42. The number of esters is 1. The van der Waals surface area contributed by atoms with E-state index in [1.807, 2.05) is 0 Å². The molecule has 1 atom stereocenters. The molecule has 0 aromatic heterocycles. The van der Waals surface area contributed by atoms with Crippen molar-refractivity contribution in [2.24, 2.45) is 5.92 Å². The molecule has 2 fully saturated rings. The summed E-state index contributed by atoms with van der Waals surface area (Å²) in [6.07, 6.45) is 1.66. The number of amides is 3. The maximum absolute atomic E-state index is 12.4. The summed E-state index contributed by atoms with van der Waals surface area (Å²) >= 11 is 0. The Bertz CT molecular complexity index is 711. The second-order valence-corrected chi connectivity index (χ2v) is 6.00. The summed E-state index contributed by atoms with van der Waals surface area (Å²) in [7, 11) is 0. The first-order valence-electron chi connectivity index (χ1n) is 8.20. The summed E-state index contributed by atoms with van der Waals surface area (Å²) in [6, 6.07) is 5.26. The molecule has 1 saturated heterocycles. The summed E-state index contributed by atoms with van der Waals surface area (Å²) < 4.78 is 4.89. The van der Waals surface area contributed by atoms with Crippen LogP contribution in [-0.2, 0) is 19.1 Å². The molecule has 0 spiro atoms. The quantitative estimate of drug-likeness (QED) is 0.443. The van der Waals surface area contributed by atoms with Crippen LogP contribution in [0.5, 0.6) is 0 Å². The van der Waals surface area contributed by atoms with Crippen LogP contribution >= 0.6 is 0 Å². The monoisotopic (exact) mass is 345 g/mol. The van der Waals surface area contributed by atoms with Crippen LogP contribution in [0.2, 0.25) is 0 Å². The lowest BCUT2D eigenvalue weighted by molar-refractivity contribution is -0.124. The average Bonchev–Trinajstić information content (AvgIpc) is 3.40. The third-order valence-corrected chi connectivity index (χ3v) is 4.10. The highest BCUT2D eigenvalue weighted by atomic mass is 16.5. The lowest BCUT2D eigenvalue weighted by Crippen LogP contribution is -2.48. The molecule has 3 amide bonds. The second-order valence-electron chi connectivity index (χ2n) is 6.00. The van der Waals surface area contributed by atoms with Gasteiger partial charge in [0.05, 0.1) is 24.3 Å². The van der Waals surface area contributed by atoms with Crippen molar-refractivity contribution in [3.8, 4) is 0 Å². The van der Waals surface area contributed by atoms with E-state index in [-0.39, 0.29) is 30.8 Å². The van der Waals surface area contributed by atoms with Crippen LogP contribution < -0.4 is 15.8 Å². The van der Waals surface area contributed by atoms with Gasteiger partial charge in [0.1, 0.15) is 6.04 Å². The maximum atomic E-state index is 12.4. The highest BCUT2D eigenvalue weighted by Crippen LogP contribution is 2.28. The van der Waals surface area contributed by atoms with Crippen LogP contribution in [0.3, 0.4) is 0 Å². The largest absolute Gasteiger partial charge is 0.462 e. The van der Waals surface area contributed by atoms with E-state index in [0.29, 0.717) is 11.3 Å². The Morgan fingerprint density at radius 1 is 1.20 bits per heavy atom. The minimum atomic E-state index is -0.792. The lowest BCUT2D eigenvalue weighted by atomic mass is 10.2. The van der Waals surface area contributed by atoms with Gasteiger partial charge in [0.25, 0.3) is 5.91 Å². The van der Waals surface area contributed by atoms with Gasteiger partial charge in [0, 0.05) is 5.92 Å². The zero-order valence-corrected chi connectivity index (χ0v) is 13.8. The van der Waals surface area contributed by atoms with Gasteiger partial charge in [-0.3, -0.25) is 19.8 Å². The van der Waals surface area contributed by atoms with Gasteiger partial charge in [-0.2, -0.15) is 0 Å².